The molecule has 2 aliphatic rings. The van der Waals surface area contributed by atoms with Crippen molar-refractivity contribution in [2.75, 3.05) is 13.1 Å². The Morgan fingerprint density at radius 1 is 1.14 bits per heavy atom. The van der Waals surface area contributed by atoms with Gasteiger partial charge in [0.1, 0.15) is 17.9 Å². The van der Waals surface area contributed by atoms with Gasteiger partial charge in [0.15, 0.2) is 0 Å². The van der Waals surface area contributed by atoms with Crippen molar-refractivity contribution in [2.24, 2.45) is 11.7 Å². The highest BCUT2D eigenvalue weighted by Gasteiger charge is 2.52. The molecule has 1 saturated carbocycles. The lowest BCUT2D eigenvalue weighted by Crippen LogP contribution is -2.76. The van der Waals surface area contributed by atoms with E-state index in [-0.39, 0.29) is 23.9 Å². The second-order valence-corrected chi connectivity index (χ2v) is 11.7. The fraction of sp³-hybridized carbons (Fsp3) is 0.370. The predicted octanol–water partition coefficient (Wildman–Crippen LogP) is 2.66. The summed E-state index contributed by atoms with van der Waals surface area (Å²) in [6.45, 7) is 2.10. The lowest BCUT2D eigenvalue weighted by molar-refractivity contribution is -0.146. The summed E-state index contributed by atoms with van der Waals surface area (Å²) in [7, 11) is -4.06. The van der Waals surface area contributed by atoms with Crippen molar-refractivity contribution in [1.82, 2.24) is 14.6 Å². The number of nitrogens with one attached hydrogen (secondary N) is 1. The zero-order valence-corrected chi connectivity index (χ0v) is 21.5. The van der Waals surface area contributed by atoms with Gasteiger partial charge in [0, 0.05) is 23.1 Å². The van der Waals surface area contributed by atoms with Crippen LogP contribution in [0.2, 0.25) is 0 Å². The zero-order valence-electron chi connectivity index (χ0n) is 20.6. The maximum Gasteiger partial charge on any atom is 0.242 e. The van der Waals surface area contributed by atoms with Crippen LogP contribution in [0.15, 0.2) is 59.5 Å². The van der Waals surface area contributed by atoms with Crippen LogP contribution in [0.1, 0.15) is 36.9 Å². The topological polar surface area (TPSA) is 132 Å². The number of carbonyl (C=O) groups excluding carboxylic acids is 2. The van der Waals surface area contributed by atoms with E-state index in [0.717, 1.165) is 41.4 Å². The molecule has 5 rings (SSSR count). The summed E-state index contributed by atoms with van der Waals surface area (Å²) < 4.78 is 34.5. The van der Waals surface area contributed by atoms with E-state index in [1.165, 1.54) is 17.0 Å². The minimum absolute atomic E-state index is 0.0232. The van der Waals surface area contributed by atoms with Gasteiger partial charge in [0.2, 0.25) is 21.8 Å². The number of hydrogen-bond acceptors (Lipinski definition) is 6. The fourth-order valence-corrected chi connectivity index (χ4v) is 6.19. The zero-order chi connectivity index (χ0) is 26.2. The first-order chi connectivity index (χ1) is 17.6. The molecule has 194 valence electrons. The van der Waals surface area contributed by atoms with Crippen molar-refractivity contribution in [2.45, 2.75) is 49.6 Å². The summed E-state index contributed by atoms with van der Waals surface area (Å²) in [5.41, 5.74) is 6.79. The Kier molecular flexibility index (Phi) is 6.63. The Balaban J connectivity index is 1.23. The van der Waals surface area contributed by atoms with Crippen LogP contribution in [0.25, 0.3) is 10.9 Å². The summed E-state index contributed by atoms with van der Waals surface area (Å²) in [5, 5.41) is 0.994. The van der Waals surface area contributed by atoms with Crippen LogP contribution in [0.3, 0.4) is 0 Å². The molecule has 9 nitrogen and oxygen atoms in total. The number of nitrogens with zero attached hydrogens (tertiary/aromatic N) is 2. The largest absolute Gasteiger partial charge is 0.489 e. The van der Waals surface area contributed by atoms with Gasteiger partial charge < -0.3 is 15.4 Å². The Morgan fingerprint density at radius 2 is 1.84 bits per heavy atom. The monoisotopic (exact) mass is 522 g/mol. The van der Waals surface area contributed by atoms with E-state index in [2.05, 4.69) is 9.71 Å². The maximum absolute atomic E-state index is 13.1. The van der Waals surface area contributed by atoms with E-state index in [1.807, 2.05) is 37.3 Å². The number of aromatic nitrogens is 1. The van der Waals surface area contributed by atoms with E-state index >= 15 is 0 Å². The van der Waals surface area contributed by atoms with Crippen LogP contribution in [0, 0.1) is 12.8 Å². The van der Waals surface area contributed by atoms with Crippen molar-refractivity contribution < 1.29 is 22.7 Å². The predicted molar refractivity (Wildman–Crippen MR) is 138 cm³/mol. The van der Waals surface area contributed by atoms with Crippen molar-refractivity contribution in [3.8, 4) is 5.75 Å². The number of hydrogen-bond donors (Lipinski definition) is 2. The molecule has 2 aromatic carbocycles. The molecule has 2 fully saturated rings. The standard InChI is InChI=1S/C27H30N4O5S/c1-18-13-20(23-7-2-3-8-24(23)29-18)15-36-21-9-11-22(12-10-21)37(34,35)30-27(26(28)33)16-31(17-27)25(32)14-19-5-4-6-19/h2-3,7-13,19,30H,4-6,14-17H2,1H3,(H2,28,33). The van der Waals surface area contributed by atoms with Crippen molar-refractivity contribution in [3.05, 3.63) is 65.9 Å². The quantitative estimate of drug-likeness (QED) is 0.444. The van der Waals surface area contributed by atoms with Gasteiger partial charge in [-0.3, -0.25) is 14.6 Å². The third-order valence-corrected chi connectivity index (χ3v) is 8.77. The molecule has 0 bridgehead atoms. The first kappa shape index (κ1) is 25.2. The van der Waals surface area contributed by atoms with Gasteiger partial charge in [-0.1, -0.05) is 24.6 Å². The van der Waals surface area contributed by atoms with Gasteiger partial charge in [-0.25, -0.2) is 8.42 Å². The number of primary amides is 1. The van der Waals surface area contributed by atoms with Gasteiger partial charge >= 0.3 is 0 Å². The minimum atomic E-state index is -4.06. The first-order valence-electron chi connectivity index (χ1n) is 12.3. The summed E-state index contributed by atoms with van der Waals surface area (Å²) in [6, 6.07) is 15.7. The average molecular weight is 523 g/mol. The van der Waals surface area contributed by atoms with E-state index in [4.69, 9.17) is 10.5 Å². The molecule has 1 aromatic heterocycles. The van der Waals surface area contributed by atoms with Gasteiger partial charge in [-0.15, -0.1) is 0 Å². The first-order valence-corrected chi connectivity index (χ1v) is 13.8. The molecular weight excluding hydrogens is 492 g/mol. The maximum atomic E-state index is 13.1. The summed E-state index contributed by atoms with van der Waals surface area (Å²) in [4.78, 5) is 30.6. The highest BCUT2D eigenvalue weighted by atomic mass is 32.2. The van der Waals surface area contributed by atoms with Crippen LogP contribution in [0.5, 0.6) is 5.75 Å². The normalized spacial score (nSPS) is 17.2. The molecule has 10 heteroatoms. The number of sulfonamides is 1. The molecule has 2 amide bonds. The SMILES string of the molecule is Cc1cc(COc2ccc(S(=O)(=O)NC3(C(N)=O)CN(C(=O)CC4CCC4)C3)cc2)c2ccccc2n1. The van der Waals surface area contributed by atoms with Crippen molar-refractivity contribution >= 4 is 32.7 Å². The van der Waals surface area contributed by atoms with Crippen LogP contribution >= 0.6 is 0 Å². The third-order valence-electron chi connectivity index (χ3n) is 7.22. The molecule has 1 aliphatic carbocycles. The average Bonchev–Trinajstić information content (AvgIpc) is 2.81. The summed E-state index contributed by atoms with van der Waals surface area (Å²) in [6.07, 6.45) is 3.63. The number of aryl methyl sites for hydroxylation is 1. The Morgan fingerprint density at radius 3 is 2.49 bits per heavy atom. The minimum Gasteiger partial charge on any atom is -0.489 e. The Bertz CT molecular complexity index is 1450. The molecule has 1 saturated heterocycles. The summed E-state index contributed by atoms with van der Waals surface area (Å²) >= 11 is 0. The Hall–Kier alpha value is -3.50. The van der Waals surface area contributed by atoms with E-state index in [1.54, 1.807) is 12.1 Å². The lowest BCUT2D eigenvalue weighted by atomic mass is 9.81. The molecule has 0 atom stereocenters. The highest BCUT2D eigenvalue weighted by molar-refractivity contribution is 7.89. The lowest BCUT2D eigenvalue weighted by Gasteiger charge is -2.48. The number of nitrogens with two attached hydrogens (primary N) is 1. The third kappa shape index (κ3) is 5.17. The molecule has 0 spiro atoms. The van der Waals surface area contributed by atoms with Gasteiger partial charge in [0.25, 0.3) is 0 Å². The number of pyridine rings is 1. The van der Waals surface area contributed by atoms with Crippen molar-refractivity contribution in [3.63, 3.8) is 0 Å². The number of fused-ring (bicyclic) bond motifs is 1. The molecular formula is C27H30N4O5S. The summed E-state index contributed by atoms with van der Waals surface area (Å²) in [5.74, 6) is 0.0105. The molecule has 0 unspecified atom stereocenters. The molecule has 1 aliphatic heterocycles. The molecule has 3 N–H and O–H groups in total. The number of benzene rings is 2. The van der Waals surface area contributed by atoms with E-state index in [0.29, 0.717) is 24.7 Å². The molecule has 3 aromatic rings. The van der Waals surface area contributed by atoms with Crippen LogP contribution < -0.4 is 15.2 Å². The highest BCUT2D eigenvalue weighted by Crippen LogP contribution is 2.32. The number of para-hydroxylation sites is 1. The van der Waals surface area contributed by atoms with Crippen molar-refractivity contribution in [1.29, 1.82) is 0 Å². The van der Waals surface area contributed by atoms with Gasteiger partial charge in [0.05, 0.1) is 23.5 Å². The van der Waals surface area contributed by atoms with Gasteiger partial charge in [-0.2, -0.15) is 4.72 Å². The number of rotatable bonds is 9. The second kappa shape index (κ2) is 9.75. The number of carbonyl (C=O) groups is 2. The molecule has 2 heterocycles. The number of ether oxygens (including phenoxy) is 1. The van der Waals surface area contributed by atoms with Crippen LogP contribution in [-0.4, -0.2) is 48.7 Å². The Labute approximate surface area is 216 Å². The smallest absolute Gasteiger partial charge is 0.242 e. The van der Waals surface area contributed by atoms with Crippen LogP contribution in [-0.2, 0) is 26.2 Å². The van der Waals surface area contributed by atoms with E-state index < -0.39 is 21.5 Å². The molecule has 0 radical (unpaired) electrons. The van der Waals surface area contributed by atoms with Gasteiger partial charge in [-0.05, 0) is 62.1 Å². The van der Waals surface area contributed by atoms with E-state index in [9.17, 15) is 18.0 Å². The fourth-order valence-electron chi connectivity index (χ4n) is 4.83. The van der Waals surface area contributed by atoms with Crippen LogP contribution in [0.4, 0.5) is 0 Å². The molecule has 37 heavy (non-hydrogen) atoms. The second-order valence-electron chi connectivity index (χ2n) is 10.0. The number of amides is 2. The number of likely N-dealkylation sites (tertiary alicyclic amines) is 1.